The second-order valence-electron chi connectivity index (χ2n) is 5.64. The molecule has 1 aromatic rings. The van der Waals surface area contributed by atoms with E-state index in [2.05, 4.69) is 5.32 Å². The summed E-state index contributed by atoms with van der Waals surface area (Å²) in [6.07, 6.45) is 1.95. The van der Waals surface area contributed by atoms with Crippen molar-refractivity contribution >= 4 is 17.5 Å². The molecular formula is C16H23N3O2. The number of carbonyl (C=O) groups excluding carboxylic acids is 2. The number of anilines is 1. The number of aryl methyl sites for hydroxylation is 1. The van der Waals surface area contributed by atoms with Crippen LogP contribution in [0.15, 0.2) is 24.3 Å². The number of amides is 2. The van der Waals surface area contributed by atoms with Crippen molar-refractivity contribution in [3.05, 3.63) is 29.8 Å². The van der Waals surface area contributed by atoms with Gasteiger partial charge in [0.2, 0.25) is 11.8 Å². The van der Waals surface area contributed by atoms with E-state index >= 15 is 0 Å². The minimum absolute atomic E-state index is 0.0181. The number of fused-ring (bicyclic) bond motifs is 1. The Morgan fingerprint density at radius 3 is 2.76 bits per heavy atom. The molecule has 0 aliphatic carbocycles. The van der Waals surface area contributed by atoms with Crippen LogP contribution in [0, 0.1) is 5.92 Å². The van der Waals surface area contributed by atoms with E-state index < -0.39 is 0 Å². The Hall–Kier alpha value is -1.88. The lowest BCUT2D eigenvalue weighted by atomic mass is 10.0. The summed E-state index contributed by atoms with van der Waals surface area (Å²) in [5.74, 6) is -0.553. The summed E-state index contributed by atoms with van der Waals surface area (Å²) in [6, 6.07) is 7.69. The standard InChI is InChI=1S/C16H23N3O2/c1-11(12(2)17)16(21)18-10-15(20)19-9-5-7-13-6-3-4-8-14(13)19/h3-4,6,8,11-12H,5,7,9-10,17H2,1-2H3,(H,18,21). The van der Waals surface area contributed by atoms with E-state index in [0.717, 1.165) is 18.5 Å². The predicted molar refractivity (Wildman–Crippen MR) is 82.9 cm³/mol. The molecule has 0 fully saturated rings. The fourth-order valence-electron chi connectivity index (χ4n) is 2.45. The highest BCUT2D eigenvalue weighted by Gasteiger charge is 2.23. The monoisotopic (exact) mass is 289 g/mol. The van der Waals surface area contributed by atoms with E-state index in [4.69, 9.17) is 5.73 Å². The maximum absolute atomic E-state index is 12.3. The number of hydrogen-bond donors (Lipinski definition) is 2. The SMILES string of the molecule is CC(N)C(C)C(=O)NCC(=O)N1CCCc2ccccc21. The molecule has 1 aliphatic rings. The van der Waals surface area contributed by atoms with E-state index in [0.29, 0.717) is 6.54 Å². The van der Waals surface area contributed by atoms with Crippen LogP contribution in [0.5, 0.6) is 0 Å². The Labute approximate surface area is 125 Å². The molecule has 0 saturated carbocycles. The summed E-state index contributed by atoms with van der Waals surface area (Å²) in [4.78, 5) is 26.0. The molecule has 1 aromatic carbocycles. The molecule has 1 aliphatic heterocycles. The van der Waals surface area contributed by atoms with E-state index in [-0.39, 0.29) is 30.3 Å². The third-order valence-electron chi connectivity index (χ3n) is 4.03. The van der Waals surface area contributed by atoms with Crippen LogP contribution in [0.3, 0.4) is 0 Å². The molecule has 0 aromatic heterocycles. The van der Waals surface area contributed by atoms with Crippen LogP contribution in [0.4, 0.5) is 5.69 Å². The number of nitrogens with one attached hydrogen (secondary N) is 1. The van der Waals surface area contributed by atoms with Gasteiger partial charge in [-0.05, 0) is 31.4 Å². The molecule has 0 radical (unpaired) electrons. The van der Waals surface area contributed by atoms with Gasteiger partial charge in [-0.15, -0.1) is 0 Å². The Balaban J connectivity index is 1.98. The number of carbonyl (C=O) groups is 2. The molecule has 2 amide bonds. The van der Waals surface area contributed by atoms with Gasteiger partial charge >= 0.3 is 0 Å². The second kappa shape index (κ2) is 6.72. The zero-order valence-corrected chi connectivity index (χ0v) is 12.6. The average Bonchev–Trinajstić information content (AvgIpc) is 2.50. The molecule has 5 nitrogen and oxygen atoms in total. The number of benzene rings is 1. The molecule has 2 unspecified atom stereocenters. The van der Waals surface area contributed by atoms with Gasteiger partial charge in [0, 0.05) is 24.2 Å². The number of nitrogens with zero attached hydrogens (tertiary/aromatic N) is 1. The predicted octanol–water partition coefficient (Wildman–Crippen LogP) is 1.07. The number of para-hydroxylation sites is 1. The quantitative estimate of drug-likeness (QED) is 0.870. The molecule has 5 heteroatoms. The zero-order chi connectivity index (χ0) is 15.4. The fraction of sp³-hybridized carbons (Fsp3) is 0.500. The molecular weight excluding hydrogens is 266 g/mol. The van der Waals surface area contributed by atoms with Crippen LogP contribution in [0.25, 0.3) is 0 Å². The summed E-state index contributed by atoms with van der Waals surface area (Å²) in [5, 5.41) is 2.68. The van der Waals surface area contributed by atoms with Gasteiger partial charge < -0.3 is 16.0 Å². The Kier molecular flexibility index (Phi) is 4.96. The lowest BCUT2D eigenvalue weighted by Gasteiger charge is -2.29. The number of hydrogen-bond acceptors (Lipinski definition) is 3. The first-order chi connectivity index (χ1) is 10.0. The number of rotatable bonds is 4. The van der Waals surface area contributed by atoms with Gasteiger partial charge in [0.05, 0.1) is 6.54 Å². The smallest absolute Gasteiger partial charge is 0.246 e. The van der Waals surface area contributed by atoms with Crippen molar-refractivity contribution in [3.63, 3.8) is 0 Å². The molecule has 1 heterocycles. The largest absolute Gasteiger partial charge is 0.347 e. The van der Waals surface area contributed by atoms with Gasteiger partial charge in [0.25, 0.3) is 0 Å². The zero-order valence-electron chi connectivity index (χ0n) is 12.6. The van der Waals surface area contributed by atoms with Crippen molar-refractivity contribution in [2.75, 3.05) is 18.0 Å². The Bertz CT molecular complexity index is 528. The number of nitrogens with two attached hydrogens (primary N) is 1. The maximum Gasteiger partial charge on any atom is 0.246 e. The highest BCUT2D eigenvalue weighted by Crippen LogP contribution is 2.26. The lowest BCUT2D eigenvalue weighted by molar-refractivity contribution is -0.127. The molecule has 0 spiro atoms. The van der Waals surface area contributed by atoms with Crippen molar-refractivity contribution in [3.8, 4) is 0 Å². The van der Waals surface area contributed by atoms with E-state index in [9.17, 15) is 9.59 Å². The lowest BCUT2D eigenvalue weighted by Crippen LogP contribution is -2.45. The van der Waals surface area contributed by atoms with Crippen molar-refractivity contribution in [1.82, 2.24) is 5.32 Å². The van der Waals surface area contributed by atoms with Crippen LogP contribution < -0.4 is 16.0 Å². The van der Waals surface area contributed by atoms with E-state index in [1.807, 2.05) is 24.3 Å². The first-order valence-corrected chi connectivity index (χ1v) is 7.42. The minimum Gasteiger partial charge on any atom is -0.347 e. The van der Waals surface area contributed by atoms with E-state index in [1.165, 1.54) is 5.56 Å². The summed E-state index contributed by atoms with van der Waals surface area (Å²) in [5.41, 5.74) is 7.84. The molecule has 21 heavy (non-hydrogen) atoms. The summed E-state index contributed by atoms with van der Waals surface area (Å²) >= 11 is 0. The summed E-state index contributed by atoms with van der Waals surface area (Å²) in [7, 11) is 0. The van der Waals surface area contributed by atoms with E-state index in [1.54, 1.807) is 18.7 Å². The molecule has 0 bridgehead atoms. The summed E-state index contributed by atoms with van der Waals surface area (Å²) in [6.45, 7) is 4.27. The molecule has 3 N–H and O–H groups in total. The van der Waals surface area contributed by atoms with Crippen molar-refractivity contribution in [1.29, 1.82) is 0 Å². The third kappa shape index (κ3) is 3.61. The molecule has 114 valence electrons. The normalized spacial score (nSPS) is 16.8. The molecule has 2 rings (SSSR count). The van der Waals surface area contributed by atoms with Crippen molar-refractivity contribution in [2.45, 2.75) is 32.7 Å². The van der Waals surface area contributed by atoms with Crippen LogP contribution in [0.2, 0.25) is 0 Å². The van der Waals surface area contributed by atoms with Crippen LogP contribution >= 0.6 is 0 Å². The highest BCUT2D eigenvalue weighted by atomic mass is 16.2. The maximum atomic E-state index is 12.3. The van der Waals surface area contributed by atoms with Crippen molar-refractivity contribution < 1.29 is 9.59 Å². The molecule has 2 atom stereocenters. The van der Waals surface area contributed by atoms with Crippen molar-refractivity contribution in [2.24, 2.45) is 11.7 Å². The van der Waals surface area contributed by atoms with Gasteiger partial charge in [0.15, 0.2) is 0 Å². The fourth-order valence-corrected chi connectivity index (χ4v) is 2.45. The van der Waals surface area contributed by atoms with Gasteiger partial charge in [-0.2, -0.15) is 0 Å². The highest BCUT2D eigenvalue weighted by molar-refractivity contribution is 5.97. The summed E-state index contributed by atoms with van der Waals surface area (Å²) < 4.78 is 0. The van der Waals surface area contributed by atoms with Gasteiger partial charge in [-0.3, -0.25) is 9.59 Å². The first kappa shape index (κ1) is 15.5. The van der Waals surface area contributed by atoms with Crippen LogP contribution in [-0.4, -0.2) is 30.9 Å². The van der Waals surface area contributed by atoms with Gasteiger partial charge in [-0.25, -0.2) is 0 Å². The Morgan fingerprint density at radius 2 is 2.05 bits per heavy atom. The first-order valence-electron chi connectivity index (χ1n) is 7.42. The second-order valence-corrected chi connectivity index (χ2v) is 5.64. The average molecular weight is 289 g/mol. The minimum atomic E-state index is -0.300. The molecule has 0 saturated heterocycles. The topological polar surface area (TPSA) is 75.4 Å². The van der Waals surface area contributed by atoms with Gasteiger partial charge in [0.1, 0.15) is 0 Å². The van der Waals surface area contributed by atoms with Gasteiger partial charge in [-0.1, -0.05) is 25.1 Å². The van der Waals surface area contributed by atoms with Crippen LogP contribution in [0.1, 0.15) is 25.8 Å². The van der Waals surface area contributed by atoms with Crippen LogP contribution in [-0.2, 0) is 16.0 Å². The Morgan fingerprint density at radius 1 is 1.33 bits per heavy atom. The third-order valence-corrected chi connectivity index (χ3v) is 4.03.